The molecule has 0 N–H and O–H groups in total. The number of hydrogen-bond acceptors (Lipinski definition) is 4. The van der Waals surface area contributed by atoms with Gasteiger partial charge < -0.3 is 9.32 Å². The summed E-state index contributed by atoms with van der Waals surface area (Å²) in [4.78, 5) is 14.8. The lowest BCUT2D eigenvalue weighted by Crippen LogP contribution is -2.49. The second-order valence-electron chi connectivity index (χ2n) is 6.53. The number of hydrogen-bond donors (Lipinski definition) is 0. The average molecular weight is 345 g/mol. The summed E-state index contributed by atoms with van der Waals surface area (Å²) in [6.07, 6.45) is 4.21. The first-order chi connectivity index (χ1) is 11.6. The summed E-state index contributed by atoms with van der Waals surface area (Å²) in [6, 6.07) is 11.9. The van der Waals surface area contributed by atoms with E-state index in [4.69, 9.17) is 4.42 Å². The monoisotopic (exact) mass is 345 g/mol. The van der Waals surface area contributed by atoms with Crippen molar-refractivity contribution in [1.29, 1.82) is 0 Å². The fraction of sp³-hybridized carbons (Fsp3) is 0.389. The van der Waals surface area contributed by atoms with Gasteiger partial charge in [-0.05, 0) is 49.9 Å². The first kappa shape index (κ1) is 15.4. The smallest absolute Gasteiger partial charge is 0.290 e. The number of carbonyl (C=O) groups excluding carboxylic acids is 1. The topological polar surface area (TPSA) is 67.6 Å². The second-order valence-corrected chi connectivity index (χ2v) is 8.75. The molecule has 126 valence electrons. The van der Waals surface area contributed by atoms with E-state index in [0.717, 1.165) is 12.8 Å². The van der Waals surface area contributed by atoms with Crippen molar-refractivity contribution in [3.05, 3.63) is 54.5 Å². The lowest BCUT2D eigenvalue weighted by Gasteiger charge is -2.38. The van der Waals surface area contributed by atoms with Crippen LogP contribution in [0.4, 0.5) is 0 Å². The zero-order chi connectivity index (χ0) is 16.7. The third kappa shape index (κ3) is 2.45. The molecule has 2 saturated heterocycles. The third-order valence-corrected chi connectivity index (χ3v) is 7.36. The van der Waals surface area contributed by atoms with Crippen molar-refractivity contribution in [2.75, 3.05) is 0 Å². The molecular formula is C18H19NO4S. The van der Waals surface area contributed by atoms with E-state index in [2.05, 4.69) is 0 Å². The Bertz CT molecular complexity index is 815. The molecule has 3 atom stereocenters. The number of sulfone groups is 1. The summed E-state index contributed by atoms with van der Waals surface area (Å²) >= 11 is 0. The second kappa shape index (κ2) is 5.77. The van der Waals surface area contributed by atoms with Crippen LogP contribution >= 0.6 is 0 Å². The number of amides is 1. The Morgan fingerprint density at radius 1 is 1.00 bits per heavy atom. The Labute approximate surface area is 141 Å². The van der Waals surface area contributed by atoms with Crippen LogP contribution in [0.2, 0.25) is 0 Å². The molecule has 2 aromatic rings. The van der Waals surface area contributed by atoms with Crippen molar-refractivity contribution in [3.63, 3.8) is 0 Å². The minimum absolute atomic E-state index is 0.0233. The predicted octanol–water partition coefficient (Wildman–Crippen LogP) is 2.89. The number of carbonyl (C=O) groups is 1. The maximum Gasteiger partial charge on any atom is 0.290 e. The van der Waals surface area contributed by atoms with Crippen LogP contribution in [0.15, 0.2) is 58.0 Å². The third-order valence-electron chi connectivity index (χ3n) is 5.17. The standard InChI is InChI=1S/C18H19NO4S/c20-18(17-7-4-10-23-17)19-13-8-9-14(19)12-16(11-13)24(21,22)15-5-2-1-3-6-15/h1-7,10,13-14,16H,8-9,11-12H2/t13-,14+,16?. The van der Waals surface area contributed by atoms with Crippen molar-refractivity contribution in [2.45, 2.75) is 47.9 Å². The Morgan fingerprint density at radius 2 is 1.67 bits per heavy atom. The van der Waals surface area contributed by atoms with Gasteiger partial charge in [-0.15, -0.1) is 0 Å². The number of rotatable bonds is 3. The Morgan fingerprint density at radius 3 is 2.25 bits per heavy atom. The van der Waals surface area contributed by atoms with Gasteiger partial charge in [0.15, 0.2) is 15.6 Å². The Balaban J connectivity index is 1.58. The molecule has 0 radical (unpaired) electrons. The van der Waals surface area contributed by atoms with Crippen LogP contribution in [0.25, 0.3) is 0 Å². The maximum absolute atomic E-state index is 12.9. The number of piperidine rings is 1. The summed E-state index contributed by atoms with van der Waals surface area (Å²) < 4.78 is 31.0. The summed E-state index contributed by atoms with van der Waals surface area (Å²) in [6.45, 7) is 0. The van der Waals surface area contributed by atoms with Gasteiger partial charge in [0.1, 0.15) is 0 Å². The number of nitrogens with zero attached hydrogens (tertiary/aromatic N) is 1. The van der Waals surface area contributed by atoms with Crippen LogP contribution in [-0.2, 0) is 9.84 Å². The fourth-order valence-electron chi connectivity index (χ4n) is 4.04. The zero-order valence-electron chi connectivity index (χ0n) is 13.2. The van der Waals surface area contributed by atoms with E-state index in [1.54, 1.807) is 36.4 Å². The lowest BCUT2D eigenvalue weighted by atomic mass is 10.0. The number of furan rings is 1. The summed E-state index contributed by atoms with van der Waals surface area (Å²) in [5, 5.41) is -0.418. The molecule has 2 aliphatic heterocycles. The molecule has 1 unspecified atom stereocenters. The molecule has 6 heteroatoms. The van der Waals surface area contributed by atoms with Crippen LogP contribution < -0.4 is 0 Å². The molecular weight excluding hydrogens is 326 g/mol. The molecule has 4 rings (SSSR count). The van der Waals surface area contributed by atoms with Gasteiger partial charge in [-0.3, -0.25) is 4.79 Å². The summed E-state index contributed by atoms with van der Waals surface area (Å²) in [5.74, 6) is 0.208. The van der Waals surface area contributed by atoms with Gasteiger partial charge in [0.05, 0.1) is 16.4 Å². The first-order valence-electron chi connectivity index (χ1n) is 8.22. The highest BCUT2D eigenvalue weighted by Gasteiger charge is 2.47. The fourth-order valence-corrected chi connectivity index (χ4v) is 5.91. The van der Waals surface area contributed by atoms with Gasteiger partial charge in [-0.25, -0.2) is 8.42 Å². The van der Waals surface area contributed by atoms with Crippen LogP contribution in [-0.4, -0.2) is 36.6 Å². The van der Waals surface area contributed by atoms with Crippen molar-refractivity contribution in [3.8, 4) is 0 Å². The number of fused-ring (bicyclic) bond motifs is 2. The SMILES string of the molecule is O=C(c1ccco1)N1[C@@H]2CC[C@H]1CC(S(=O)(=O)c1ccccc1)C2. The molecule has 2 bridgehead atoms. The highest BCUT2D eigenvalue weighted by atomic mass is 32.2. The lowest BCUT2D eigenvalue weighted by molar-refractivity contribution is 0.0565. The molecule has 0 spiro atoms. The van der Waals surface area contributed by atoms with Crippen LogP contribution in [0.3, 0.4) is 0 Å². The van der Waals surface area contributed by atoms with Crippen molar-refractivity contribution < 1.29 is 17.6 Å². The predicted molar refractivity (Wildman–Crippen MR) is 88.3 cm³/mol. The molecule has 0 aliphatic carbocycles. The van der Waals surface area contributed by atoms with Crippen LogP contribution in [0.5, 0.6) is 0 Å². The highest BCUT2D eigenvalue weighted by Crippen LogP contribution is 2.40. The molecule has 3 heterocycles. The largest absolute Gasteiger partial charge is 0.459 e. The molecule has 1 aromatic heterocycles. The molecule has 0 saturated carbocycles. The quantitative estimate of drug-likeness (QED) is 0.858. The normalized spacial score (nSPS) is 26.5. The van der Waals surface area contributed by atoms with E-state index in [1.165, 1.54) is 6.26 Å². The van der Waals surface area contributed by atoms with Crippen LogP contribution in [0.1, 0.15) is 36.2 Å². The Kier molecular flexibility index (Phi) is 3.72. The molecule has 2 aliphatic rings. The van der Waals surface area contributed by atoms with Gasteiger partial charge in [-0.1, -0.05) is 18.2 Å². The van der Waals surface area contributed by atoms with E-state index in [0.29, 0.717) is 23.5 Å². The average Bonchev–Trinajstić information content (AvgIpc) is 3.21. The Hall–Kier alpha value is -2.08. The molecule has 1 aromatic carbocycles. The van der Waals surface area contributed by atoms with Gasteiger partial charge in [-0.2, -0.15) is 0 Å². The van der Waals surface area contributed by atoms with Crippen molar-refractivity contribution >= 4 is 15.7 Å². The van der Waals surface area contributed by atoms with Crippen molar-refractivity contribution in [1.82, 2.24) is 4.90 Å². The van der Waals surface area contributed by atoms with E-state index in [9.17, 15) is 13.2 Å². The number of benzene rings is 1. The van der Waals surface area contributed by atoms with E-state index < -0.39 is 15.1 Å². The van der Waals surface area contributed by atoms with Gasteiger partial charge in [0.2, 0.25) is 0 Å². The first-order valence-corrected chi connectivity index (χ1v) is 9.77. The van der Waals surface area contributed by atoms with Gasteiger partial charge >= 0.3 is 0 Å². The van der Waals surface area contributed by atoms with E-state index >= 15 is 0 Å². The molecule has 24 heavy (non-hydrogen) atoms. The highest BCUT2D eigenvalue weighted by molar-refractivity contribution is 7.92. The molecule has 5 nitrogen and oxygen atoms in total. The van der Waals surface area contributed by atoms with Crippen molar-refractivity contribution in [2.24, 2.45) is 0 Å². The molecule has 1 amide bonds. The summed E-state index contributed by atoms with van der Waals surface area (Å²) in [7, 11) is -3.35. The van der Waals surface area contributed by atoms with E-state index in [-0.39, 0.29) is 18.0 Å². The maximum atomic E-state index is 12.9. The minimum atomic E-state index is -3.35. The van der Waals surface area contributed by atoms with Crippen LogP contribution in [0, 0.1) is 0 Å². The summed E-state index contributed by atoms with van der Waals surface area (Å²) in [5.41, 5.74) is 0. The van der Waals surface area contributed by atoms with E-state index in [1.807, 2.05) is 11.0 Å². The minimum Gasteiger partial charge on any atom is -0.459 e. The molecule has 2 fully saturated rings. The van der Waals surface area contributed by atoms with Gasteiger partial charge in [0, 0.05) is 12.1 Å². The van der Waals surface area contributed by atoms with Gasteiger partial charge in [0.25, 0.3) is 5.91 Å². The zero-order valence-corrected chi connectivity index (χ0v) is 14.0.